The van der Waals surface area contributed by atoms with Crippen molar-refractivity contribution in [1.82, 2.24) is 19.9 Å². The van der Waals surface area contributed by atoms with Crippen molar-refractivity contribution in [3.63, 3.8) is 0 Å². The van der Waals surface area contributed by atoms with Crippen molar-refractivity contribution in [1.29, 1.82) is 0 Å². The van der Waals surface area contributed by atoms with Gasteiger partial charge >= 0.3 is 0 Å². The van der Waals surface area contributed by atoms with Crippen molar-refractivity contribution in [2.45, 2.75) is 12.5 Å². The summed E-state index contributed by atoms with van der Waals surface area (Å²) < 4.78 is 0.967. The molecule has 1 aromatic carbocycles. The Morgan fingerprint density at radius 1 is 1.00 bits per heavy atom. The highest BCUT2D eigenvalue weighted by molar-refractivity contribution is 7.22. The van der Waals surface area contributed by atoms with Crippen molar-refractivity contribution in [2.24, 2.45) is 5.10 Å². The zero-order valence-corrected chi connectivity index (χ0v) is 19.8. The summed E-state index contributed by atoms with van der Waals surface area (Å²) in [5, 5.41) is 6.62. The normalized spacial score (nSPS) is 18.8. The Balaban J connectivity index is 1.33. The van der Waals surface area contributed by atoms with E-state index in [1.807, 2.05) is 23.5 Å². The van der Waals surface area contributed by atoms with Crippen molar-refractivity contribution in [3.05, 3.63) is 60.3 Å². The smallest absolute Gasteiger partial charge is 0.222 e. The monoisotopic (exact) mass is 470 g/mol. The zero-order valence-electron chi connectivity index (χ0n) is 19.0. The van der Waals surface area contributed by atoms with Gasteiger partial charge in [0, 0.05) is 38.8 Å². The lowest BCUT2D eigenvalue weighted by atomic mass is 10.0. The van der Waals surface area contributed by atoms with Crippen molar-refractivity contribution in [2.75, 3.05) is 48.9 Å². The number of fused-ring (bicyclic) bond motifs is 1. The molecule has 1 saturated heterocycles. The number of likely N-dealkylation sites (N-methyl/N-ethyl adjacent to an activating group) is 1. The van der Waals surface area contributed by atoms with Crippen molar-refractivity contribution >= 4 is 45.2 Å². The molecule has 0 amide bonds. The number of rotatable bonds is 4. The van der Waals surface area contributed by atoms with E-state index in [9.17, 15) is 0 Å². The molecular weight excluding hydrogens is 444 g/mol. The molecule has 172 valence electrons. The number of nitrogen functional groups attached to an aromatic ring is 1. The molecular formula is C25H26N8S. The highest BCUT2D eigenvalue weighted by atomic mass is 32.1. The molecule has 2 aliphatic rings. The van der Waals surface area contributed by atoms with Gasteiger partial charge in [0.1, 0.15) is 0 Å². The second-order valence-electron chi connectivity index (χ2n) is 8.73. The minimum atomic E-state index is 0.0882. The number of piperazine rings is 1. The van der Waals surface area contributed by atoms with Crippen LogP contribution >= 0.6 is 11.3 Å². The van der Waals surface area contributed by atoms with E-state index in [1.165, 1.54) is 11.3 Å². The molecule has 0 aliphatic carbocycles. The van der Waals surface area contributed by atoms with Crippen LogP contribution in [0.1, 0.15) is 18.0 Å². The highest BCUT2D eigenvalue weighted by Gasteiger charge is 2.28. The number of hydrogen-bond acceptors (Lipinski definition) is 9. The molecule has 1 atom stereocenters. The summed E-state index contributed by atoms with van der Waals surface area (Å²) in [6.45, 7) is 4.20. The average molecular weight is 471 g/mol. The molecule has 0 spiro atoms. The first-order valence-electron chi connectivity index (χ1n) is 11.5. The molecule has 0 radical (unpaired) electrons. The number of anilines is 3. The predicted molar refractivity (Wildman–Crippen MR) is 140 cm³/mol. The second-order valence-corrected chi connectivity index (χ2v) is 9.78. The van der Waals surface area contributed by atoms with Gasteiger partial charge in [-0.15, -0.1) is 11.3 Å². The second kappa shape index (κ2) is 8.66. The Morgan fingerprint density at radius 3 is 2.59 bits per heavy atom. The molecule has 3 aromatic heterocycles. The topological polar surface area (TPSA) is 86.8 Å². The van der Waals surface area contributed by atoms with Crippen LogP contribution in [0.4, 0.5) is 17.5 Å². The Bertz CT molecular complexity index is 1330. The summed E-state index contributed by atoms with van der Waals surface area (Å²) in [5.41, 5.74) is 10.2. The van der Waals surface area contributed by atoms with E-state index < -0.39 is 0 Å². The lowest BCUT2D eigenvalue weighted by molar-refractivity contribution is 0.313. The third kappa shape index (κ3) is 3.86. The summed E-state index contributed by atoms with van der Waals surface area (Å²) >= 11 is 1.63. The molecule has 2 N–H and O–H groups in total. The standard InChI is InChI=1S/C25H26N8S/c1-31-11-13-32(14-12-31)18-7-8-19(27-16-18)22-15-20-23(34-22)24(30-25(26)29-20)33-21(9-10-28-33)17-5-3-2-4-6-17/h2-8,10,15-16,21H,9,11-14H2,1H3,(H2,26,29,30). The van der Waals surface area contributed by atoms with Crippen LogP contribution in [0, 0.1) is 0 Å². The number of nitrogens with zero attached hydrogens (tertiary/aromatic N) is 7. The van der Waals surface area contributed by atoms with E-state index in [2.05, 4.69) is 74.4 Å². The molecule has 0 saturated carbocycles. The van der Waals surface area contributed by atoms with Gasteiger partial charge in [0.2, 0.25) is 5.95 Å². The van der Waals surface area contributed by atoms with E-state index in [0.717, 1.165) is 59.2 Å². The first-order valence-corrected chi connectivity index (χ1v) is 12.3. The number of aromatic nitrogens is 3. The summed E-state index contributed by atoms with van der Waals surface area (Å²) in [7, 11) is 2.17. The molecule has 9 heteroatoms. The maximum Gasteiger partial charge on any atom is 0.222 e. The maximum atomic E-state index is 6.12. The van der Waals surface area contributed by atoms with E-state index >= 15 is 0 Å². The minimum absolute atomic E-state index is 0.0882. The number of benzene rings is 1. The van der Waals surface area contributed by atoms with Gasteiger partial charge in [0.25, 0.3) is 0 Å². The van der Waals surface area contributed by atoms with Gasteiger partial charge < -0.3 is 15.5 Å². The predicted octanol–water partition coefficient (Wildman–Crippen LogP) is 4.02. The van der Waals surface area contributed by atoms with Crippen LogP contribution < -0.4 is 15.6 Å². The van der Waals surface area contributed by atoms with Gasteiger partial charge in [-0.3, -0.25) is 4.98 Å². The van der Waals surface area contributed by atoms with Crippen LogP contribution in [0.3, 0.4) is 0 Å². The Kier molecular flexibility index (Phi) is 5.35. The van der Waals surface area contributed by atoms with Gasteiger partial charge in [0.15, 0.2) is 5.82 Å². The Labute approximate surface area is 202 Å². The summed E-state index contributed by atoms with van der Waals surface area (Å²) in [4.78, 5) is 19.7. The molecule has 6 rings (SSSR count). The van der Waals surface area contributed by atoms with E-state index in [1.54, 1.807) is 11.3 Å². The maximum absolute atomic E-state index is 6.12. The molecule has 4 aromatic rings. The molecule has 0 bridgehead atoms. The first-order chi connectivity index (χ1) is 16.7. The van der Waals surface area contributed by atoms with Gasteiger partial charge in [0.05, 0.1) is 38.7 Å². The fraction of sp³-hybridized carbons (Fsp3) is 0.280. The van der Waals surface area contributed by atoms with Crippen LogP contribution in [0.15, 0.2) is 59.8 Å². The summed E-state index contributed by atoms with van der Waals surface area (Å²) in [5.74, 6) is 0.995. The van der Waals surface area contributed by atoms with E-state index in [4.69, 9.17) is 10.7 Å². The lowest BCUT2D eigenvalue weighted by Crippen LogP contribution is -2.44. The van der Waals surface area contributed by atoms with Crippen molar-refractivity contribution in [3.8, 4) is 10.6 Å². The largest absolute Gasteiger partial charge is 0.368 e. The van der Waals surface area contributed by atoms with Gasteiger partial charge in [-0.25, -0.2) is 9.99 Å². The van der Waals surface area contributed by atoms with Gasteiger partial charge in [-0.2, -0.15) is 10.1 Å². The first kappa shape index (κ1) is 21.0. The molecule has 8 nitrogen and oxygen atoms in total. The van der Waals surface area contributed by atoms with Crippen molar-refractivity contribution < 1.29 is 0 Å². The van der Waals surface area contributed by atoms with Crippen LogP contribution in [0.5, 0.6) is 0 Å². The molecule has 5 heterocycles. The Morgan fingerprint density at radius 2 is 1.82 bits per heavy atom. The number of hydrogen-bond donors (Lipinski definition) is 1. The molecule has 1 fully saturated rings. The number of thiophene rings is 1. The van der Waals surface area contributed by atoms with Crippen LogP contribution in [0.2, 0.25) is 0 Å². The third-order valence-electron chi connectivity index (χ3n) is 6.47. The SMILES string of the molecule is CN1CCN(c2ccc(-c3cc4nc(N)nc(N5N=CCC5c5ccccc5)c4s3)nc2)CC1. The summed E-state index contributed by atoms with van der Waals surface area (Å²) in [6.07, 6.45) is 4.74. The number of hydrazone groups is 1. The van der Waals surface area contributed by atoms with E-state index in [0.29, 0.717) is 0 Å². The fourth-order valence-corrected chi connectivity index (χ4v) is 5.62. The molecule has 1 unspecified atom stereocenters. The quantitative estimate of drug-likeness (QED) is 0.482. The fourth-order valence-electron chi connectivity index (χ4n) is 4.57. The number of nitrogens with two attached hydrogens (primary N) is 1. The molecule has 2 aliphatic heterocycles. The number of pyridine rings is 1. The Hall–Kier alpha value is -3.56. The third-order valence-corrected chi connectivity index (χ3v) is 7.61. The van der Waals surface area contributed by atoms with Crippen LogP contribution in [-0.2, 0) is 0 Å². The van der Waals surface area contributed by atoms with Crippen LogP contribution in [-0.4, -0.2) is 59.3 Å². The zero-order chi connectivity index (χ0) is 23.1. The van der Waals surface area contributed by atoms with Gasteiger partial charge in [-0.1, -0.05) is 30.3 Å². The molecule has 34 heavy (non-hydrogen) atoms. The average Bonchev–Trinajstić information content (AvgIpc) is 3.52. The van der Waals surface area contributed by atoms with Crippen LogP contribution in [0.25, 0.3) is 20.8 Å². The van der Waals surface area contributed by atoms with Gasteiger partial charge in [-0.05, 0) is 30.8 Å². The van der Waals surface area contributed by atoms with E-state index in [-0.39, 0.29) is 12.0 Å². The minimum Gasteiger partial charge on any atom is -0.368 e. The summed E-state index contributed by atoms with van der Waals surface area (Å²) in [6, 6.07) is 16.8. The lowest BCUT2D eigenvalue weighted by Gasteiger charge is -2.33. The highest BCUT2D eigenvalue weighted by Crippen LogP contribution is 2.41.